The van der Waals surface area contributed by atoms with Gasteiger partial charge in [0.15, 0.2) is 0 Å². The molecule has 0 unspecified atom stereocenters. The van der Waals surface area contributed by atoms with Gasteiger partial charge in [-0.1, -0.05) is 38.3 Å². The molecule has 0 aliphatic heterocycles. The van der Waals surface area contributed by atoms with Gasteiger partial charge in [0.25, 0.3) is 0 Å². The topological polar surface area (TPSA) is 25.8 Å². The van der Waals surface area contributed by atoms with E-state index in [4.69, 9.17) is 11.6 Å². The lowest BCUT2D eigenvalue weighted by molar-refractivity contribution is 0.353. The molecule has 0 amide bonds. The molecule has 1 fully saturated rings. The molecule has 3 rings (SSSR count). The third-order valence-corrected chi connectivity index (χ3v) is 5.93. The first-order chi connectivity index (χ1) is 9.11. The quantitative estimate of drug-likeness (QED) is 0.727. The van der Waals surface area contributed by atoms with Gasteiger partial charge in [0.05, 0.1) is 10.2 Å². The lowest BCUT2D eigenvalue weighted by Gasteiger charge is -2.29. The van der Waals surface area contributed by atoms with Crippen LogP contribution in [0.5, 0.6) is 0 Å². The van der Waals surface area contributed by atoms with E-state index in [0.717, 1.165) is 16.1 Å². The fraction of sp³-hybridized carbons (Fsp3) is 0.600. The lowest BCUT2D eigenvalue weighted by atomic mass is 9.77. The maximum absolute atomic E-state index is 6.19. The Labute approximate surface area is 123 Å². The van der Waals surface area contributed by atoms with Crippen LogP contribution in [-0.4, -0.2) is 9.97 Å². The molecule has 19 heavy (non-hydrogen) atoms. The van der Waals surface area contributed by atoms with Crippen molar-refractivity contribution in [2.75, 3.05) is 0 Å². The summed E-state index contributed by atoms with van der Waals surface area (Å²) in [6, 6.07) is 2.25. The van der Waals surface area contributed by atoms with Gasteiger partial charge in [0.2, 0.25) is 0 Å². The van der Waals surface area contributed by atoms with Crippen molar-refractivity contribution in [3.05, 3.63) is 22.4 Å². The predicted molar refractivity (Wildman–Crippen MR) is 82.0 cm³/mol. The Balaban J connectivity index is 2.08. The van der Waals surface area contributed by atoms with E-state index in [1.54, 1.807) is 17.7 Å². The minimum Gasteiger partial charge on any atom is -0.235 e. The van der Waals surface area contributed by atoms with E-state index in [-0.39, 0.29) is 0 Å². The SMILES string of the molecule is CC(C)CC1(c2cc3ncnc(Cl)c3s2)CCCC1. The van der Waals surface area contributed by atoms with E-state index in [1.807, 2.05) is 0 Å². The van der Waals surface area contributed by atoms with E-state index in [0.29, 0.717) is 10.6 Å². The van der Waals surface area contributed by atoms with Gasteiger partial charge in [-0.3, -0.25) is 0 Å². The zero-order chi connectivity index (χ0) is 13.5. The highest BCUT2D eigenvalue weighted by Gasteiger charge is 2.37. The van der Waals surface area contributed by atoms with Crippen LogP contribution in [0, 0.1) is 5.92 Å². The number of aromatic nitrogens is 2. The first-order valence-corrected chi connectivity index (χ1v) is 8.21. The number of hydrogen-bond acceptors (Lipinski definition) is 3. The standard InChI is InChI=1S/C15H19ClN2S/c1-10(2)8-15(5-3-4-6-15)12-7-11-13(19-12)14(16)18-9-17-11/h7,9-10H,3-6,8H2,1-2H3. The van der Waals surface area contributed by atoms with Gasteiger partial charge in [-0.15, -0.1) is 11.3 Å². The maximum atomic E-state index is 6.19. The molecule has 0 bridgehead atoms. The zero-order valence-corrected chi connectivity index (χ0v) is 13.0. The largest absolute Gasteiger partial charge is 0.235 e. The Kier molecular flexibility index (Phi) is 3.52. The molecule has 0 atom stereocenters. The van der Waals surface area contributed by atoms with Crippen molar-refractivity contribution in [3.8, 4) is 0 Å². The molecule has 2 aromatic rings. The number of nitrogens with zero attached hydrogens (tertiary/aromatic N) is 2. The Morgan fingerprint density at radius 1 is 1.32 bits per heavy atom. The van der Waals surface area contributed by atoms with Crippen LogP contribution in [0.2, 0.25) is 5.15 Å². The van der Waals surface area contributed by atoms with Gasteiger partial charge in [-0.2, -0.15) is 0 Å². The normalized spacial score (nSPS) is 18.5. The fourth-order valence-corrected chi connectivity index (χ4v) is 4.97. The van der Waals surface area contributed by atoms with Crippen LogP contribution in [-0.2, 0) is 5.41 Å². The second-order valence-corrected chi connectivity index (χ2v) is 7.49. The minimum absolute atomic E-state index is 0.364. The number of thiophene rings is 1. The molecule has 4 heteroatoms. The Morgan fingerprint density at radius 2 is 2.05 bits per heavy atom. The third-order valence-electron chi connectivity index (χ3n) is 4.15. The number of hydrogen-bond donors (Lipinski definition) is 0. The molecule has 1 saturated carbocycles. The molecule has 2 heterocycles. The van der Waals surface area contributed by atoms with Crippen LogP contribution in [0.3, 0.4) is 0 Å². The maximum Gasteiger partial charge on any atom is 0.150 e. The summed E-state index contributed by atoms with van der Waals surface area (Å²) in [6.45, 7) is 4.64. The summed E-state index contributed by atoms with van der Waals surface area (Å²) < 4.78 is 1.05. The first kappa shape index (κ1) is 13.3. The summed E-state index contributed by atoms with van der Waals surface area (Å²) in [5, 5.41) is 0.596. The van der Waals surface area contributed by atoms with Crippen LogP contribution in [0.15, 0.2) is 12.4 Å². The predicted octanol–water partition coefficient (Wildman–Crippen LogP) is 5.20. The molecule has 1 aliphatic carbocycles. The average Bonchev–Trinajstić information content (AvgIpc) is 2.95. The van der Waals surface area contributed by atoms with E-state index in [2.05, 4.69) is 29.9 Å². The van der Waals surface area contributed by atoms with Crippen molar-refractivity contribution in [3.63, 3.8) is 0 Å². The zero-order valence-electron chi connectivity index (χ0n) is 11.4. The lowest BCUT2D eigenvalue weighted by Crippen LogP contribution is -2.22. The third kappa shape index (κ3) is 2.38. The molecule has 1 aliphatic rings. The number of fused-ring (bicyclic) bond motifs is 1. The molecule has 0 N–H and O–H groups in total. The van der Waals surface area contributed by atoms with Crippen LogP contribution in [0.25, 0.3) is 10.2 Å². The van der Waals surface area contributed by atoms with Crippen molar-refractivity contribution in [1.29, 1.82) is 0 Å². The Hall–Kier alpha value is -0.670. The molecular weight excluding hydrogens is 276 g/mol. The van der Waals surface area contributed by atoms with E-state index >= 15 is 0 Å². The van der Waals surface area contributed by atoms with Crippen molar-refractivity contribution >= 4 is 33.2 Å². The fourth-order valence-electron chi connectivity index (χ4n) is 3.47. The summed E-state index contributed by atoms with van der Waals surface area (Å²) in [5.74, 6) is 0.727. The van der Waals surface area contributed by atoms with Crippen LogP contribution >= 0.6 is 22.9 Å². The number of rotatable bonds is 3. The second-order valence-electron chi connectivity index (χ2n) is 6.07. The van der Waals surface area contributed by atoms with Crippen molar-refractivity contribution < 1.29 is 0 Å². The monoisotopic (exact) mass is 294 g/mol. The van der Waals surface area contributed by atoms with E-state index in [1.165, 1.54) is 37.0 Å². The molecule has 0 radical (unpaired) electrons. The van der Waals surface area contributed by atoms with E-state index < -0.39 is 0 Å². The highest BCUT2D eigenvalue weighted by molar-refractivity contribution is 7.19. The summed E-state index contributed by atoms with van der Waals surface area (Å²) in [7, 11) is 0. The highest BCUT2D eigenvalue weighted by atomic mass is 35.5. The van der Waals surface area contributed by atoms with Crippen molar-refractivity contribution in [2.24, 2.45) is 5.92 Å². The van der Waals surface area contributed by atoms with Gasteiger partial charge < -0.3 is 0 Å². The summed E-state index contributed by atoms with van der Waals surface area (Å²) >= 11 is 7.99. The van der Waals surface area contributed by atoms with Gasteiger partial charge >= 0.3 is 0 Å². The molecule has 0 spiro atoms. The highest BCUT2D eigenvalue weighted by Crippen LogP contribution is 2.49. The first-order valence-electron chi connectivity index (χ1n) is 7.01. The van der Waals surface area contributed by atoms with Crippen LogP contribution < -0.4 is 0 Å². The average molecular weight is 295 g/mol. The molecule has 2 nitrogen and oxygen atoms in total. The molecule has 0 aromatic carbocycles. The van der Waals surface area contributed by atoms with Gasteiger partial charge in [-0.25, -0.2) is 9.97 Å². The smallest absolute Gasteiger partial charge is 0.150 e. The van der Waals surface area contributed by atoms with Gasteiger partial charge in [0, 0.05) is 10.3 Å². The van der Waals surface area contributed by atoms with Gasteiger partial charge in [0.1, 0.15) is 11.5 Å². The Morgan fingerprint density at radius 3 is 2.68 bits per heavy atom. The summed E-state index contributed by atoms with van der Waals surface area (Å²) in [5.41, 5.74) is 1.37. The van der Waals surface area contributed by atoms with E-state index in [9.17, 15) is 0 Å². The summed E-state index contributed by atoms with van der Waals surface area (Å²) in [4.78, 5) is 9.92. The minimum atomic E-state index is 0.364. The second kappa shape index (κ2) is 5.02. The van der Waals surface area contributed by atoms with Crippen LogP contribution in [0.1, 0.15) is 50.8 Å². The van der Waals surface area contributed by atoms with Gasteiger partial charge in [-0.05, 0) is 31.2 Å². The number of halogens is 1. The van der Waals surface area contributed by atoms with Crippen LogP contribution in [0.4, 0.5) is 0 Å². The summed E-state index contributed by atoms with van der Waals surface area (Å²) in [6.07, 6.45) is 8.14. The molecule has 0 saturated heterocycles. The molecule has 102 valence electrons. The van der Waals surface area contributed by atoms with Crippen molar-refractivity contribution in [1.82, 2.24) is 9.97 Å². The molecular formula is C15H19ClN2S. The Bertz CT molecular complexity index is 585. The van der Waals surface area contributed by atoms with Crippen molar-refractivity contribution in [2.45, 2.75) is 51.4 Å². The molecule has 2 aromatic heterocycles.